The highest BCUT2D eigenvalue weighted by Crippen LogP contribution is 2.35. The number of nitro groups is 1. The fourth-order valence-corrected chi connectivity index (χ4v) is 2.36. The molecule has 116 valence electrons. The number of nitriles is 1. The summed E-state index contributed by atoms with van der Waals surface area (Å²) in [6.07, 6.45) is 0. The number of nitrogens with zero attached hydrogens (tertiary/aromatic N) is 2. The van der Waals surface area contributed by atoms with Crippen molar-refractivity contribution < 1.29 is 14.4 Å². The topological polar surface area (TPSA) is 97.4 Å². The number of anilines is 1. The maximum absolute atomic E-state index is 10.8. The zero-order valence-electron chi connectivity index (χ0n) is 12.3. The van der Waals surface area contributed by atoms with Gasteiger partial charge < -0.3 is 14.8 Å². The lowest BCUT2D eigenvalue weighted by Gasteiger charge is -2.17. The van der Waals surface area contributed by atoms with Crippen molar-refractivity contribution in [3.05, 3.63) is 57.6 Å². The minimum atomic E-state index is -0.522. The van der Waals surface area contributed by atoms with Crippen LogP contribution >= 0.6 is 0 Å². The summed E-state index contributed by atoms with van der Waals surface area (Å²) in [6.45, 7) is 2.14. The van der Waals surface area contributed by atoms with Crippen molar-refractivity contribution in [2.45, 2.75) is 13.0 Å². The molecule has 1 unspecified atom stereocenters. The number of hydrogen-bond donors (Lipinski definition) is 1. The number of ether oxygens (including phenoxy) is 2. The van der Waals surface area contributed by atoms with Gasteiger partial charge in [0.2, 0.25) is 6.79 Å². The van der Waals surface area contributed by atoms with Crippen LogP contribution in [-0.4, -0.2) is 11.7 Å². The molecule has 1 atom stereocenters. The quantitative estimate of drug-likeness (QED) is 0.686. The monoisotopic (exact) mass is 311 g/mol. The SMILES string of the molecule is CC(Nc1ccc([N+](=O)[O-])cc1C#N)c1ccc2c(c1)OCO2. The largest absolute Gasteiger partial charge is 0.454 e. The Bertz CT molecular complexity index is 813. The Hall–Kier alpha value is -3.27. The Labute approximate surface area is 132 Å². The van der Waals surface area contributed by atoms with Gasteiger partial charge in [0.25, 0.3) is 5.69 Å². The lowest BCUT2D eigenvalue weighted by Crippen LogP contribution is -2.08. The molecule has 7 heteroatoms. The van der Waals surface area contributed by atoms with Gasteiger partial charge in [0.15, 0.2) is 11.5 Å². The molecule has 23 heavy (non-hydrogen) atoms. The second-order valence-electron chi connectivity index (χ2n) is 5.08. The van der Waals surface area contributed by atoms with Gasteiger partial charge in [-0.25, -0.2) is 0 Å². The maximum Gasteiger partial charge on any atom is 0.270 e. The molecule has 0 radical (unpaired) electrons. The molecule has 0 bridgehead atoms. The standard InChI is InChI=1S/C16H13N3O4/c1-10(11-2-5-15-16(7-11)23-9-22-15)18-14-4-3-13(19(20)21)6-12(14)8-17/h2-7,10,18H,9H2,1H3. The summed E-state index contributed by atoms with van der Waals surface area (Å²) < 4.78 is 10.6. The second-order valence-corrected chi connectivity index (χ2v) is 5.08. The Morgan fingerprint density at radius 3 is 2.78 bits per heavy atom. The van der Waals surface area contributed by atoms with Crippen molar-refractivity contribution in [1.29, 1.82) is 5.26 Å². The molecule has 0 saturated heterocycles. The maximum atomic E-state index is 10.8. The minimum Gasteiger partial charge on any atom is -0.454 e. The Kier molecular flexibility index (Phi) is 3.73. The lowest BCUT2D eigenvalue weighted by atomic mass is 10.1. The van der Waals surface area contributed by atoms with Crippen LogP contribution in [0.1, 0.15) is 24.1 Å². The van der Waals surface area contributed by atoms with Crippen molar-refractivity contribution in [3.63, 3.8) is 0 Å². The molecule has 1 heterocycles. The van der Waals surface area contributed by atoms with Gasteiger partial charge in [-0.2, -0.15) is 5.26 Å². The highest BCUT2D eigenvalue weighted by Gasteiger charge is 2.17. The molecule has 1 N–H and O–H groups in total. The van der Waals surface area contributed by atoms with Crippen LogP contribution in [0.3, 0.4) is 0 Å². The summed E-state index contributed by atoms with van der Waals surface area (Å²) in [5.74, 6) is 1.38. The highest BCUT2D eigenvalue weighted by atomic mass is 16.7. The van der Waals surface area contributed by atoms with E-state index in [1.165, 1.54) is 12.1 Å². The first-order valence-corrected chi connectivity index (χ1v) is 6.93. The summed E-state index contributed by atoms with van der Waals surface area (Å²) in [5.41, 5.74) is 1.62. The number of nitro benzene ring substituents is 1. The first-order valence-electron chi connectivity index (χ1n) is 6.93. The number of nitrogens with one attached hydrogen (secondary N) is 1. The van der Waals surface area contributed by atoms with E-state index in [-0.39, 0.29) is 24.1 Å². The van der Waals surface area contributed by atoms with Crippen LogP contribution in [0.2, 0.25) is 0 Å². The molecule has 1 aliphatic rings. The van der Waals surface area contributed by atoms with Crippen LogP contribution in [-0.2, 0) is 0 Å². The smallest absolute Gasteiger partial charge is 0.270 e. The van der Waals surface area contributed by atoms with E-state index in [1.807, 2.05) is 31.2 Å². The van der Waals surface area contributed by atoms with Gasteiger partial charge in [0, 0.05) is 18.2 Å². The summed E-state index contributed by atoms with van der Waals surface area (Å²) in [7, 11) is 0. The molecular formula is C16H13N3O4. The summed E-state index contributed by atoms with van der Waals surface area (Å²) >= 11 is 0. The average Bonchev–Trinajstić information content (AvgIpc) is 3.02. The predicted octanol–water partition coefficient (Wildman–Crippen LogP) is 3.37. The van der Waals surface area contributed by atoms with E-state index in [9.17, 15) is 15.4 Å². The first-order chi connectivity index (χ1) is 11.1. The molecular weight excluding hydrogens is 298 g/mol. The molecule has 0 saturated carbocycles. The normalized spacial score (nSPS) is 13.2. The molecule has 0 spiro atoms. The van der Waals surface area contributed by atoms with Gasteiger partial charge in [0.05, 0.1) is 16.2 Å². The van der Waals surface area contributed by atoms with E-state index in [0.717, 1.165) is 5.56 Å². The second kappa shape index (κ2) is 5.85. The molecule has 3 rings (SSSR count). The van der Waals surface area contributed by atoms with Crippen LogP contribution in [0.4, 0.5) is 11.4 Å². The van der Waals surface area contributed by atoms with Crippen molar-refractivity contribution in [2.75, 3.05) is 12.1 Å². The highest BCUT2D eigenvalue weighted by molar-refractivity contribution is 5.62. The Morgan fingerprint density at radius 2 is 2.04 bits per heavy atom. The van der Waals surface area contributed by atoms with E-state index in [1.54, 1.807) is 6.07 Å². The van der Waals surface area contributed by atoms with Crippen LogP contribution in [0.5, 0.6) is 11.5 Å². The van der Waals surface area contributed by atoms with Crippen LogP contribution in [0.25, 0.3) is 0 Å². The van der Waals surface area contributed by atoms with Crippen LogP contribution in [0.15, 0.2) is 36.4 Å². The fourth-order valence-electron chi connectivity index (χ4n) is 2.36. The third kappa shape index (κ3) is 2.87. The zero-order chi connectivity index (χ0) is 16.4. The Morgan fingerprint density at radius 1 is 1.26 bits per heavy atom. The molecule has 2 aromatic rings. The number of fused-ring (bicyclic) bond motifs is 1. The number of rotatable bonds is 4. The van der Waals surface area contributed by atoms with Crippen molar-refractivity contribution in [3.8, 4) is 17.6 Å². The predicted molar refractivity (Wildman–Crippen MR) is 82.4 cm³/mol. The number of non-ortho nitro benzene ring substituents is 1. The molecule has 0 aliphatic carbocycles. The van der Waals surface area contributed by atoms with Gasteiger partial charge in [0.1, 0.15) is 6.07 Å². The van der Waals surface area contributed by atoms with E-state index >= 15 is 0 Å². The lowest BCUT2D eigenvalue weighted by molar-refractivity contribution is -0.384. The fraction of sp³-hybridized carbons (Fsp3) is 0.188. The van der Waals surface area contributed by atoms with Gasteiger partial charge in [-0.3, -0.25) is 10.1 Å². The van der Waals surface area contributed by atoms with Crippen molar-refractivity contribution >= 4 is 11.4 Å². The van der Waals surface area contributed by atoms with Crippen LogP contribution < -0.4 is 14.8 Å². The first kappa shape index (κ1) is 14.7. The molecule has 7 nitrogen and oxygen atoms in total. The van der Waals surface area contributed by atoms with Crippen LogP contribution in [0, 0.1) is 21.4 Å². The van der Waals surface area contributed by atoms with Gasteiger partial charge in [-0.15, -0.1) is 0 Å². The van der Waals surface area contributed by atoms with Crippen molar-refractivity contribution in [2.24, 2.45) is 0 Å². The molecule has 0 fully saturated rings. The van der Waals surface area contributed by atoms with E-state index in [0.29, 0.717) is 17.2 Å². The number of hydrogen-bond acceptors (Lipinski definition) is 6. The summed E-state index contributed by atoms with van der Waals surface area (Å²) in [4.78, 5) is 10.3. The number of benzene rings is 2. The molecule has 0 amide bonds. The summed E-state index contributed by atoms with van der Waals surface area (Å²) in [5, 5.41) is 23.2. The molecule has 0 aromatic heterocycles. The Balaban J connectivity index is 1.84. The molecule has 2 aromatic carbocycles. The third-order valence-corrected chi connectivity index (χ3v) is 3.60. The van der Waals surface area contributed by atoms with Gasteiger partial charge in [-0.05, 0) is 30.7 Å². The zero-order valence-corrected chi connectivity index (χ0v) is 12.3. The summed E-state index contributed by atoms with van der Waals surface area (Å²) in [6, 6.07) is 11.6. The van der Waals surface area contributed by atoms with E-state index in [2.05, 4.69) is 5.32 Å². The van der Waals surface area contributed by atoms with Gasteiger partial charge >= 0.3 is 0 Å². The van der Waals surface area contributed by atoms with Crippen molar-refractivity contribution in [1.82, 2.24) is 0 Å². The average molecular weight is 311 g/mol. The van der Waals surface area contributed by atoms with Gasteiger partial charge in [-0.1, -0.05) is 6.07 Å². The minimum absolute atomic E-state index is 0.108. The van der Waals surface area contributed by atoms with E-state index in [4.69, 9.17) is 9.47 Å². The molecule has 1 aliphatic heterocycles. The third-order valence-electron chi connectivity index (χ3n) is 3.60. The van der Waals surface area contributed by atoms with E-state index < -0.39 is 4.92 Å².